The molecule has 1 fully saturated rings. The molecule has 324 valence electrons. The summed E-state index contributed by atoms with van der Waals surface area (Å²) in [6.07, 6.45) is 5.83. The first kappa shape index (κ1) is 43.5. The van der Waals surface area contributed by atoms with Gasteiger partial charge in [-0.15, -0.1) is 16.4 Å². The summed E-state index contributed by atoms with van der Waals surface area (Å²) in [4.78, 5) is 39.2. The second-order valence-corrected chi connectivity index (χ2v) is 16.8. The highest BCUT2D eigenvalue weighted by Gasteiger charge is 2.27. The first-order chi connectivity index (χ1) is 29.8. The van der Waals surface area contributed by atoms with Crippen LogP contribution < -0.4 is 19.1 Å². The van der Waals surface area contributed by atoms with Gasteiger partial charge in [0.15, 0.2) is 16.6 Å². The monoisotopic (exact) mass is 860 g/mol. The predicted molar refractivity (Wildman–Crippen MR) is 238 cm³/mol. The molecule has 0 spiro atoms. The number of piperazine rings is 1. The van der Waals surface area contributed by atoms with Gasteiger partial charge in [-0.25, -0.2) is 19.4 Å². The Kier molecular flexibility index (Phi) is 13.6. The minimum absolute atomic E-state index is 0.166. The van der Waals surface area contributed by atoms with Gasteiger partial charge in [0.2, 0.25) is 11.8 Å². The number of ether oxygens (including phenoxy) is 5. The molecule has 3 aromatic carbocycles. The van der Waals surface area contributed by atoms with Gasteiger partial charge in [0, 0.05) is 42.8 Å². The zero-order chi connectivity index (χ0) is 43.8. The van der Waals surface area contributed by atoms with Crippen LogP contribution in [-0.4, -0.2) is 82.2 Å². The molecule has 4 heterocycles. The molecule has 1 saturated heterocycles. The lowest BCUT2D eigenvalue weighted by Gasteiger charge is -2.35. The lowest BCUT2D eigenvalue weighted by atomic mass is 10.1. The van der Waals surface area contributed by atoms with E-state index in [9.17, 15) is 9.59 Å². The fourth-order valence-corrected chi connectivity index (χ4v) is 7.57. The maximum Gasteiger partial charge on any atom is 0.410 e. The molecule has 0 aliphatic carbocycles. The van der Waals surface area contributed by atoms with Crippen LogP contribution in [0.1, 0.15) is 66.4 Å². The van der Waals surface area contributed by atoms with Crippen molar-refractivity contribution in [3.05, 3.63) is 118 Å². The first-order valence-electron chi connectivity index (χ1n) is 20.5. The highest BCUT2D eigenvalue weighted by molar-refractivity contribution is 7.15. The number of amides is 1. The van der Waals surface area contributed by atoms with Gasteiger partial charge >= 0.3 is 12.1 Å². The van der Waals surface area contributed by atoms with Crippen LogP contribution in [-0.2, 0) is 33.9 Å². The third-order valence-electron chi connectivity index (χ3n) is 9.89. The van der Waals surface area contributed by atoms with Gasteiger partial charge in [-0.3, -0.25) is 4.79 Å². The fraction of sp³-hybridized carbons (Fsp3) is 0.340. The number of oxazole rings is 1. The Labute approximate surface area is 365 Å². The molecular weight excluding hydrogens is 809 g/mol. The number of thiazole rings is 1. The maximum absolute atomic E-state index is 12.6. The van der Waals surface area contributed by atoms with E-state index in [0.29, 0.717) is 67.5 Å². The van der Waals surface area contributed by atoms with E-state index in [-0.39, 0.29) is 31.7 Å². The molecule has 3 aromatic heterocycles. The molecule has 62 heavy (non-hydrogen) atoms. The lowest BCUT2D eigenvalue weighted by Crippen LogP contribution is -2.50. The van der Waals surface area contributed by atoms with E-state index in [2.05, 4.69) is 16.8 Å². The molecule has 0 bridgehead atoms. The van der Waals surface area contributed by atoms with E-state index >= 15 is 0 Å². The molecule has 0 atom stereocenters. The number of carbonyl (C=O) groups is 2. The number of esters is 1. The van der Waals surface area contributed by atoms with Crippen molar-refractivity contribution in [1.29, 1.82) is 0 Å². The molecule has 0 unspecified atom stereocenters. The van der Waals surface area contributed by atoms with Gasteiger partial charge in [-0.1, -0.05) is 36.4 Å². The molecule has 0 N–H and O–H groups in total. The van der Waals surface area contributed by atoms with Crippen LogP contribution in [0.25, 0.3) is 29.3 Å². The quantitative estimate of drug-likeness (QED) is 0.0909. The molecule has 0 radical (unpaired) electrons. The standard InChI is InChI=1S/C47H52N6O8S/c1-8-57-42(54)27-33-14-17-35(18-15-33)43-48-39(31(2)60-43)30-58-40-21-16-34(26-41(40)56-7)29-59-44-36(28-53(50-44)37-12-10-9-11-13-37)19-20-38-32(3)62-45(49-38)51-22-24-52(25-23-51)46(55)61-47(4,5)6/h9-21,26,28H,8,22-25,27,29-30H2,1-7H3. The van der Waals surface area contributed by atoms with Gasteiger partial charge in [0.05, 0.1) is 37.1 Å². The number of nitrogens with zero attached hydrogens (tertiary/aromatic N) is 6. The number of carbonyl (C=O) groups excluding carboxylic acids is 2. The molecular formula is C47H52N6O8S. The fourth-order valence-electron chi connectivity index (χ4n) is 6.62. The minimum atomic E-state index is -0.530. The maximum atomic E-state index is 12.6. The number of benzene rings is 3. The van der Waals surface area contributed by atoms with Crippen LogP contribution in [0, 0.1) is 13.8 Å². The minimum Gasteiger partial charge on any atom is -0.493 e. The Balaban J connectivity index is 1.00. The zero-order valence-electron chi connectivity index (χ0n) is 36.2. The van der Waals surface area contributed by atoms with Crippen molar-refractivity contribution in [2.75, 3.05) is 44.8 Å². The molecule has 1 aliphatic rings. The average Bonchev–Trinajstić information content (AvgIpc) is 3.97. The van der Waals surface area contributed by atoms with Crippen LogP contribution in [0.15, 0.2) is 83.4 Å². The van der Waals surface area contributed by atoms with Crippen molar-refractivity contribution in [3.8, 4) is 34.5 Å². The zero-order valence-corrected chi connectivity index (χ0v) is 37.0. The Morgan fingerprint density at radius 3 is 2.32 bits per heavy atom. The largest absolute Gasteiger partial charge is 0.493 e. The molecule has 6 aromatic rings. The average molecular weight is 861 g/mol. The van der Waals surface area contributed by atoms with Gasteiger partial charge < -0.3 is 37.9 Å². The number of hydrogen-bond acceptors (Lipinski definition) is 13. The number of methoxy groups -OCH3 is 1. The molecule has 15 heteroatoms. The Morgan fingerprint density at radius 1 is 0.871 bits per heavy atom. The molecule has 7 rings (SSSR count). The highest BCUT2D eigenvalue weighted by Crippen LogP contribution is 2.32. The Morgan fingerprint density at radius 2 is 1.61 bits per heavy atom. The predicted octanol–water partition coefficient (Wildman–Crippen LogP) is 9.10. The third kappa shape index (κ3) is 11.0. The van der Waals surface area contributed by atoms with E-state index in [4.69, 9.17) is 38.2 Å². The Hall–Kier alpha value is -6.61. The smallest absolute Gasteiger partial charge is 0.410 e. The molecule has 0 saturated carbocycles. The van der Waals surface area contributed by atoms with Gasteiger partial charge in [0.1, 0.15) is 30.3 Å². The highest BCUT2D eigenvalue weighted by atomic mass is 32.1. The van der Waals surface area contributed by atoms with Crippen molar-refractivity contribution >= 4 is 40.7 Å². The van der Waals surface area contributed by atoms with Crippen molar-refractivity contribution < 1.29 is 37.7 Å². The van der Waals surface area contributed by atoms with Crippen molar-refractivity contribution in [2.45, 2.75) is 66.8 Å². The van der Waals surface area contributed by atoms with Crippen molar-refractivity contribution in [2.24, 2.45) is 0 Å². The Bertz CT molecular complexity index is 2500. The molecule has 14 nitrogen and oxygen atoms in total. The summed E-state index contributed by atoms with van der Waals surface area (Å²) >= 11 is 1.63. The van der Waals surface area contributed by atoms with E-state index in [1.807, 2.05) is 119 Å². The van der Waals surface area contributed by atoms with E-state index in [1.165, 1.54) is 0 Å². The summed E-state index contributed by atoms with van der Waals surface area (Å²) in [7, 11) is 1.60. The van der Waals surface area contributed by atoms with Crippen LogP contribution >= 0.6 is 11.3 Å². The summed E-state index contributed by atoms with van der Waals surface area (Å²) in [6, 6.07) is 23.0. The van der Waals surface area contributed by atoms with Crippen LogP contribution in [0.5, 0.6) is 17.4 Å². The van der Waals surface area contributed by atoms with Gasteiger partial charge in [-0.05, 0) is 101 Å². The van der Waals surface area contributed by atoms with E-state index in [1.54, 1.807) is 35.0 Å². The summed E-state index contributed by atoms with van der Waals surface area (Å²) in [5.41, 5.74) is 5.16. The van der Waals surface area contributed by atoms with Gasteiger partial charge in [-0.2, -0.15) is 0 Å². The van der Waals surface area contributed by atoms with Crippen molar-refractivity contribution in [1.82, 2.24) is 24.6 Å². The third-order valence-corrected chi connectivity index (χ3v) is 10.9. The summed E-state index contributed by atoms with van der Waals surface area (Å²) in [6.45, 7) is 14.6. The number of para-hydroxylation sites is 1. The topological polar surface area (TPSA) is 144 Å². The molecule has 1 amide bonds. The number of aryl methyl sites for hydroxylation is 2. The number of hydrogen-bond donors (Lipinski definition) is 0. The summed E-state index contributed by atoms with van der Waals surface area (Å²) < 4.78 is 36.7. The van der Waals surface area contributed by atoms with Crippen molar-refractivity contribution in [3.63, 3.8) is 0 Å². The van der Waals surface area contributed by atoms with Crippen LogP contribution in [0.2, 0.25) is 0 Å². The van der Waals surface area contributed by atoms with E-state index in [0.717, 1.165) is 43.6 Å². The SMILES string of the molecule is CCOC(=O)Cc1ccc(-c2nc(COc3ccc(COc4nn(-c5ccccc5)cc4C=Cc4nc(N5CCN(C(=O)OC(C)(C)C)CC5)sc4C)cc3OC)c(C)o2)cc1. The number of anilines is 1. The van der Waals surface area contributed by atoms with Gasteiger partial charge in [0.25, 0.3) is 0 Å². The summed E-state index contributed by atoms with van der Waals surface area (Å²) in [5.74, 6) is 2.39. The number of rotatable bonds is 15. The second kappa shape index (κ2) is 19.4. The normalized spacial score (nSPS) is 13.1. The first-order valence-corrected chi connectivity index (χ1v) is 21.3. The van der Waals surface area contributed by atoms with Crippen LogP contribution in [0.3, 0.4) is 0 Å². The summed E-state index contributed by atoms with van der Waals surface area (Å²) in [5, 5.41) is 5.73. The van der Waals surface area contributed by atoms with E-state index < -0.39 is 5.60 Å². The van der Waals surface area contributed by atoms with Crippen LogP contribution in [0.4, 0.5) is 9.93 Å². The second-order valence-electron chi connectivity index (χ2n) is 15.7. The lowest BCUT2D eigenvalue weighted by molar-refractivity contribution is -0.142. The molecule has 1 aliphatic heterocycles. The number of aromatic nitrogens is 4.